The van der Waals surface area contributed by atoms with E-state index in [-0.39, 0.29) is 20.1 Å². The maximum atomic E-state index is 4.44. The first-order valence-electron chi connectivity index (χ1n) is 14.1. The second kappa shape index (κ2) is 13.5. The van der Waals surface area contributed by atoms with E-state index in [0.29, 0.717) is 17.3 Å². The fourth-order valence-electron chi connectivity index (χ4n) is 5.13. The molecule has 0 aliphatic rings. The summed E-state index contributed by atoms with van der Waals surface area (Å²) in [6, 6.07) is 46.7. The standard InChI is InChI=1S/C24H17N2.C13H8N5.Ir/c1-26-23-11-3-2-9-20(23)21-16-18(12-13-24(21)26)17-7-6-8-19(15-17)22-10-4-5-14-25-22;1-2-6-10(7-3-1)12-15-17-13(18-16-12)11-8-4-5-9-14-11;/h2-7,9-16H,1H3;1-6,8-9H;/q2*-1;. The van der Waals surface area contributed by atoms with E-state index in [0.717, 1.165) is 16.8 Å². The SMILES string of the molecule is Cn1c2ccccc2c2cc(-c3cc[c-]c(-c4ccccn4)c3)ccc21.[Ir].[c-]1ccccc1-c1nnc(-c2ccccn2)nn1. The van der Waals surface area contributed by atoms with Crippen molar-refractivity contribution < 1.29 is 20.1 Å². The first kappa shape index (κ1) is 29.6. The van der Waals surface area contributed by atoms with Gasteiger partial charge in [0.1, 0.15) is 11.5 Å². The molecule has 0 aliphatic heterocycles. The molecular weight excluding hydrogens is 735 g/mol. The van der Waals surface area contributed by atoms with Crippen LogP contribution in [0.1, 0.15) is 0 Å². The molecule has 0 bridgehead atoms. The summed E-state index contributed by atoms with van der Waals surface area (Å²) in [7, 11) is 2.13. The number of aromatic nitrogens is 7. The van der Waals surface area contributed by atoms with Crippen LogP contribution in [0.4, 0.5) is 0 Å². The zero-order valence-electron chi connectivity index (χ0n) is 24.2. The van der Waals surface area contributed by atoms with E-state index in [4.69, 9.17) is 0 Å². The van der Waals surface area contributed by atoms with Gasteiger partial charge in [0, 0.05) is 61.4 Å². The van der Waals surface area contributed by atoms with Crippen LogP contribution >= 0.6 is 0 Å². The molecule has 0 aliphatic carbocycles. The molecule has 4 heterocycles. The van der Waals surface area contributed by atoms with Crippen LogP contribution < -0.4 is 0 Å². The largest absolute Gasteiger partial charge is 0.344 e. The second-order valence-corrected chi connectivity index (χ2v) is 10.1. The van der Waals surface area contributed by atoms with Gasteiger partial charge in [-0.15, -0.1) is 81.5 Å². The molecule has 0 saturated carbocycles. The number of hydrogen-bond donors (Lipinski definition) is 0. The van der Waals surface area contributed by atoms with Crippen molar-refractivity contribution in [3.8, 4) is 45.3 Å². The molecule has 0 fully saturated rings. The number of fused-ring (bicyclic) bond motifs is 3. The summed E-state index contributed by atoms with van der Waals surface area (Å²) < 4.78 is 2.26. The third kappa shape index (κ3) is 6.29. The molecule has 0 amide bonds. The Hall–Kier alpha value is -5.43. The van der Waals surface area contributed by atoms with Crippen LogP contribution in [0.25, 0.3) is 67.1 Å². The number of hydrogen-bond acceptors (Lipinski definition) is 6. The van der Waals surface area contributed by atoms with E-state index in [9.17, 15) is 0 Å². The van der Waals surface area contributed by atoms with Gasteiger partial charge in [-0.2, -0.15) is 10.2 Å². The maximum Gasteiger partial charge on any atom is 0.220 e. The number of pyridine rings is 2. The summed E-state index contributed by atoms with van der Waals surface area (Å²) in [5.74, 6) is 0.866. The van der Waals surface area contributed by atoms with Crippen LogP contribution in [-0.2, 0) is 27.2 Å². The molecule has 0 saturated heterocycles. The van der Waals surface area contributed by atoms with Crippen LogP contribution in [-0.4, -0.2) is 34.9 Å². The number of para-hydroxylation sites is 1. The third-order valence-electron chi connectivity index (χ3n) is 7.31. The fraction of sp³-hybridized carbons (Fsp3) is 0.0270. The van der Waals surface area contributed by atoms with Crippen molar-refractivity contribution in [1.29, 1.82) is 0 Å². The van der Waals surface area contributed by atoms with Crippen molar-refractivity contribution in [3.05, 3.63) is 146 Å². The van der Waals surface area contributed by atoms with Crippen molar-refractivity contribution >= 4 is 21.8 Å². The summed E-state index contributed by atoms with van der Waals surface area (Å²) in [4.78, 5) is 8.58. The van der Waals surface area contributed by atoms with Gasteiger partial charge in [-0.1, -0.05) is 42.5 Å². The number of aryl methyl sites for hydroxylation is 1. The quantitative estimate of drug-likeness (QED) is 0.172. The van der Waals surface area contributed by atoms with E-state index in [1.54, 1.807) is 12.3 Å². The number of rotatable bonds is 4. The average molecular weight is 760 g/mol. The predicted molar refractivity (Wildman–Crippen MR) is 173 cm³/mol. The molecule has 0 unspecified atom stereocenters. The Morgan fingerprint density at radius 2 is 1.16 bits per heavy atom. The summed E-state index contributed by atoms with van der Waals surface area (Å²) in [6.45, 7) is 0. The number of nitrogens with zero attached hydrogens (tertiary/aromatic N) is 7. The molecule has 4 aromatic carbocycles. The molecule has 8 rings (SSSR count). The second-order valence-electron chi connectivity index (χ2n) is 10.1. The van der Waals surface area contributed by atoms with Gasteiger partial charge in [-0.25, -0.2) is 0 Å². The summed E-state index contributed by atoms with van der Waals surface area (Å²) in [6.07, 6.45) is 3.50. The predicted octanol–water partition coefficient (Wildman–Crippen LogP) is 7.65. The van der Waals surface area contributed by atoms with Crippen molar-refractivity contribution in [2.24, 2.45) is 7.05 Å². The average Bonchev–Trinajstić information content (AvgIpc) is 3.41. The van der Waals surface area contributed by atoms with Gasteiger partial charge in [-0.05, 0) is 47.7 Å². The minimum atomic E-state index is 0. The van der Waals surface area contributed by atoms with E-state index < -0.39 is 0 Å². The number of benzene rings is 4. The van der Waals surface area contributed by atoms with E-state index >= 15 is 0 Å². The summed E-state index contributed by atoms with van der Waals surface area (Å²) in [5, 5.41) is 18.7. The Morgan fingerprint density at radius 1 is 0.511 bits per heavy atom. The Balaban J connectivity index is 0.000000166. The molecule has 8 aromatic rings. The summed E-state index contributed by atoms with van der Waals surface area (Å²) >= 11 is 0. The minimum absolute atomic E-state index is 0. The third-order valence-corrected chi connectivity index (χ3v) is 7.31. The zero-order chi connectivity index (χ0) is 29.7. The molecule has 0 N–H and O–H groups in total. The molecule has 45 heavy (non-hydrogen) atoms. The molecule has 0 spiro atoms. The normalized spacial score (nSPS) is 10.6. The van der Waals surface area contributed by atoms with Crippen molar-refractivity contribution in [3.63, 3.8) is 0 Å². The molecule has 219 valence electrons. The zero-order valence-corrected chi connectivity index (χ0v) is 26.6. The van der Waals surface area contributed by atoms with Crippen LogP contribution in [0.5, 0.6) is 0 Å². The minimum Gasteiger partial charge on any atom is -0.344 e. The molecular formula is C37H25IrN7-2. The Kier molecular flexibility index (Phi) is 8.87. The van der Waals surface area contributed by atoms with Gasteiger partial charge in [0.15, 0.2) is 0 Å². The van der Waals surface area contributed by atoms with Gasteiger partial charge >= 0.3 is 0 Å². The Bertz CT molecular complexity index is 2110. The molecule has 7 nitrogen and oxygen atoms in total. The smallest absolute Gasteiger partial charge is 0.220 e. The Morgan fingerprint density at radius 3 is 1.89 bits per heavy atom. The van der Waals surface area contributed by atoms with Crippen LogP contribution in [0.2, 0.25) is 0 Å². The first-order chi connectivity index (χ1) is 21.7. The molecule has 1 radical (unpaired) electrons. The van der Waals surface area contributed by atoms with Crippen LogP contribution in [0.15, 0.2) is 134 Å². The van der Waals surface area contributed by atoms with E-state index in [1.165, 1.54) is 32.9 Å². The van der Waals surface area contributed by atoms with Gasteiger partial charge < -0.3 is 9.55 Å². The topological polar surface area (TPSA) is 82.3 Å². The van der Waals surface area contributed by atoms with Gasteiger partial charge in [-0.3, -0.25) is 4.98 Å². The van der Waals surface area contributed by atoms with Gasteiger partial charge in [0.25, 0.3) is 0 Å². The van der Waals surface area contributed by atoms with Gasteiger partial charge in [0.2, 0.25) is 5.82 Å². The molecule has 0 atom stereocenters. The monoisotopic (exact) mass is 760 g/mol. The van der Waals surface area contributed by atoms with E-state index in [2.05, 4.69) is 109 Å². The van der Waals surface area contributed by atoms with Gasteiger partial charge in [0.05, 0.1) is 0 Å². The van der Waals surface area contributed by atoms with Crippen molar-refractivity contribution in [2.45, 2.75) is 0 Å². The maximum absolute atomic E-state index is 4.44. The van der Waals surface area contributed by atoms with Crippen LogP contribution in [0.3, 0.4) is 0 Å². The molecule has 8 heteroatoms. The Labute approximate surface area is 274 Å². The van der Waals surface area contributed by atoms with Crippen LogP contribution in [0, 0.1) is 12.1 Å². The fourth-order valence-corrected chi connectivity index (χ4v) is 5.13. The van der Waals surface area contributed by atoms with E-state index in [1.807, 2.05) is 66.9 Å². The van der Waals surface area contributed by atoms with Crippen molar-refractivity contribution in [1.82, 2.24) is 34.9 Å². The first-order valence-corrected chi connectivity index (χ1v) is 14.1. The summed E-state index contributed by atoms with van der Waals surface area (Å²) in [5.41, 5.74) is 8.28. The van der Waals surface area contributed by atoms with Crippen molar-refractivity contribution in [2.75, 3.05) is 0 Å². The molecule has 4 aromatic heterocycles.